The lowest BCUT2D eigenvalue weighted by Gasteiger charge is -2.09. The fraction of sp³-hybridized carbons (Fsp3) is 0.235. The first kappa shape index (κ1) is 17.5. The summed E-state index contributed by atoms with van der Waals surface area (Å²) in [6.07, 6.45) is 1.78. The van der Waals surface area contributed by atoms with E-state index in [1.54, 1.807) is 12.1 Å². The molecule has 0 aromatic heterocycles. The molecule has 0 amide bonds. The van der Waals surface area contributed by atoms with Crippen molar-refractivity contribution in [2.75, 3.05) is 6.61 Å². The zero-order valence-electron chi connectivity index (χ0n) is 12.8. The third-order valence-electron chi connectivity index (χ3n) is 3.07. The number of sulfonamides is 1. The van der Waals surface area contributed by atoms with E-state index in [9.17, 15) is 8.42 Å². The van der Waals surface area contributed by atoms with Crippen LogP contribution in [0.25, 0.3) is 0 Å². The molecule has 0 aliphatic heterocycles. The Morgan fingerprint density at radius 2 is 1.74 bits per heavy atom. The molecule has 0 heterocycles. The zero-order chi connectivity index (χ0) is 16.7. The molecule has 122 valence electrons. The molecule has 2 aromatic carbocycles. The van der Waals surface area contributed by atoms with Gasteiger partial charge in [0.1, 0.15) is 0 Å². The average molecular weight is 352 g/mol. The van der Waals surface area contributed by atoms with Gasteiger partial charge < -0.3 is 4.74 Å². The van der Waals surface area contributed by atoms with Gasteiger partial charge in [0, 0.05) is 10.6 Å². The standard InChI is InChI=1S/C17H18ClNO3S/c1-2-3-13-22-17(14-7-5-4-6-8-14)19-23(20,21)16-11-9-15(18)10-12-16/h4-12H,2-3,13H2,1H3/b19-17+. The van der Waals surface area contributed by atoms with Crippen molar-refractivity contribution in [2.45, 2.75) is 24.7 Å². The second-order valence-corrected chi connectivity index (χ2v) is 6.93. The van der Waals surface area contributed by atoms with Gasteiger partial charge in [0.15, 0.2) is 0 Å². The first-order valence-corrected chi connectivity index (χ1v) is 9.13. The van der Waals surface area contributed by atoms with E-state index in [1.165, 1.54) is 24.3 Å². The number of hydrogen-bond acceptors (Lipinski definition) is 3. The highest BCUT2D eigenvalue weighted by molar-refractivity contribution is 7.90. The molecule has 0 fully saturated rings. The number of rotatable bonds is 6. The SMILES string of the molecule is CCCCO/C(=N/S(=O)(=O)c1ccc(Cl)cc1)c1ccccc1. The number of nitrogens with zero attached hydrogens (tertiary/aromatic N) is 1. The summed E-state index contributed by atoms with van der Waals surface area (Å²) in [7, 11) is -3.86. The van der Waals surface area contributed by atoms with E-state index in [0.717, 1.165) is 12.8 Å². The largest absolute Gasteiger partial charge is 0.477 e. The maximum atomic E-state index is 12.4. The summed E-state index contributed by atoms with van der Waals surface area (Å²) < 4.78 is 34.4. The van der Waals surface area contributed by atoms with E-state index in [1.807, 2.05) is 25.1 Å². The predicted molar refractivity (Wildman–Crippen MR) is 92.5 cm³/mol. The Morgan fingerprint density at radius 3 is 2.35 bits per heavy atom. The van der Waals surface area contributed by atoms with Gasteiger partial charge in [-0.25, -0.2) is 0 Å². The van der Waals surface area contributed by atoms with E-state index in [2.05, 4.69) is 4.40 Å². The van der Waals surface area contributed by atoms with Gasteiger partial charge in [-0.1, -0.05) is 43.1 Å². The number of halogens is 1. The lowest BCUT2D eigenvalue weighted by molar-refractivity contribution is 0.298. The molecule has 0 spiro atoms. The fourth-order valence-electron chi connectivity index (χ4n) is 1.82. The van der Waals surface area contributed by atoms with Crippen LogP contribution in [0.5, 0.6) is 0 Å². The quantitative estimate of drug-likeness (QED) is 0.443. The second kappa shape index (κ2) is 8.13. The Morgan fingerprint density at radius 1 is 1.09 bits per heavy atom. The van der Waals surface area contributed by atoms with Gasteiger partial charge in [0.05, 0.1) is 11.5 Å². The molecule has 0 bridgehead atoms. The van der Waals surface area contributed by atoms with Crippen molar-refractivity contribution in [3.05, 3.63) is 65.2 Å². The summed E-state index contributed by atoms with van der Waals surface area (Å²) in [5, 5.41) is 0.468. The van der Waals surface area contributed by atoms with Crippen molar-refractivity contribution in [3.8, 4) is 0 Å². The molecule has 0 aliphatic rings. The molecule has 0 saturated heterocycles. The number of unbranched alkanes of at least 4 members (excludes halogenated alkanes) is 1. The van der Waals surface area contributed by atoms with Crippen molar-refractivity contribution < 1.29 is 13.2 Å². The number of benzene rings is 2. The van der Waals surface area contributed by atoms with Crippen molar-refractivity contribution in [3.63, 3.8) is 0 Å². The summed E-state index contributed by atoms with van der Waals surface area (Å²) >= 11 is 5.79. The molecule has 6 heteroatoms. The monoisotopic (exact) mass is 351 g/mol. The molecule has 23 heavy (non-hydrogen) atoms. The Labute approximate surface area is 141 Å². The molecule has 2 rings (SSSR count). The number of hydrogen-bond donors (Lipinski definition) is 0. The molecule has 0 N–H and O–H groups in total. The predicted octanol–water partition coefficient (Wildman–Crippen LogP) is 4.29. The lowest BCUT2D eigenvalue weighted by Crippen LogP contribution is -2.11. The summed E-state index contributed by atoms with van der Waals surface area (Å²) in [6.45, 7) is 2.45. The third kappa shape index (κ3) is 5.08. The van der Waals surface area contributed by atoms with Crippen LogP contribution in [0.1, 0.15) is 25.3 Å². The second-order valence-electron chi connectivity index (χ2n) is 4.89. The van der Waals surface area contributed by atoms with E-state index in [4.69, 9.17) is 16.3 Å². The van der Waals surface area contributed by atoms with Gasteiger partial charge in [0.25, 0.3) is 10.0 Å². The van der Waals surface area contributed by atoms with Crippen LogP contribution in [0.4, 0.5) is 0 Å². The van der Waals surface area contributed by atoms with Gasteiger partial charge in [-0.3, -0.25) is 0 Å². The Hall–Kier alpha value is -1.85. The maximum absolute atomic E-state index is 12.4. The molecular weight excluding hydrogens is 334 g/mol. The number of ether oxygens (including phenoxy) is 1. The maximum Gasteiger partial charge on any atom is 0.285 e. The van der Waals surface area contributed by atoms with Crippen molar-refractivity contribution >= 4 is 27.5 Å². The molecule has 0 saturated carbocycles. The van der Waals surface area contributed by atoms with Crippen LogP contribution in [0.2, 0.25) is 5.02 Å². The van der Waals surface area contributed by atoms with Crippen molar-refractivity contribution in [1.82, 2.24) is 0 Å². The van der Waals surface area contributed by atoms with Gasteiger partial charge >= 0.3 is 0 Å². The minimum Gasteiger partial charge on any atom is -0.477 e. The Balaban J connectivity index is 2.36. The van der Waals surface area contributed by atoms with Crippen molar-refractivity contribution in [2.24, 2.45) is 4.40 Å². The first-order chi connectivity index (χ1) is 11.0. The molecule has 0 atom stereocenters. The molecule has 0 unspecified atom stereocenters. The Bertz CT molecular complexity index is 756. The molecule has 2 aromatic rings. The minimum atomic E-state index is -3.86. The first-order valence-electron chi connectivity index (χ1n) is 7.31. The van der Waals surface area contributed by atoms with Gasteiger partial charge in [0.2, 0.25) is 5.90 Å². The average Bonchev–Trinajstić information content (AvgIpc) is 2.55. The van der Waals surface area contributed by atoms with Crippen molar-refractivity contribution in [1.29, 1.82) is 0 Å². The summed E-state index contributed by atoms with van der Waals surface area (Å²) in [6, 6.07) is 14.9. The zero-order valence-corrected chi connectivity index (χ0v) is 14.3. The highest BCUT2D eigenvalue weighted by Crippen LogP contribution is 2.17. The highest BCUT2D eigenvalue weighted by Gasteiger charge is 2.16. The topological polar surface area (TPSA) is 55.7 Å². The van der Waals surface area contributed by atoms with E-state index >= 15 is 0 Å². The Kier molecular flexibility index (Phi) is 6.19. The van der Waals surface area contributed by atoms with Crippen LogP contribution in [-0.2, 0) is 14.8 Å². The highest BCUT2D eigenvalue weighted by atomic mass is 35.5. The summed E-state index contributed by atoms with van der Waals surface area (Å²) in [5.41, 5.74) is 0.626. The van der Waals surface area contributed by atoms with Crippen LogP contribution in [0.15, 0.2) is 63.9 Å². The molecular formula is C17H18ClNO3S. The van der Waals surface area contributed by atoms with E-state index in [0.29, 0.717) is 17.2 Å². The molecule has 4 nitrogen and oxygen atoms in total. The summed E-state index contributed by atoms with van der Waals surface area (Å²) in [5.74, 6) is 0.106. The minimum absolute atomic E-state index is 0.0782. The van der Waals surface area contributed by atoms with Crippen LogP contribution in [-0.4, -0.2) is 20.9 Å². The van der Waals surface area contributed by atoms with Crippen LogP contribution in [0, 0.1) is 0 Å². The van der Waals surface area contributed by atoms with E-state index in [-0.39, 0.29) is 10.8 Å². The van der Waals surface area contributed by atoms with Crippen LogP contribution in [0.3, 0.4) is 0 Å². The molecule has 0 aliphatic carbocycles. The van der Waals surface area contributed by atoms with Crippen LogP contribution >= 0.6 is 11.6 Å². The van der Waals surface area contributed by atoms with E-state index < -0.39 is 10.0 Å². The normalized spacial score (nSPS) is 12.2. The third-order valence-corrected chi connectivity index (χ3v) is 4.60. The molecule has 0 radical (unpaired) electrons. The van der Waals surface area contributed by atoms with Gasteiger partial charge in [-0.05, 0) is 42.8 Å². The lowest BCUT2D eigenvalue weighted by atomic mass is 10.2. The fourth-order valence-corrected chi connectivity index (χ4v) is 2.91. The van der Waals surface area contributed by atoms with Crippen LogP contribution < -0.4 is 0 Å². The smallest absolute Gasteiger partial charge is 0.285 e. The summed E-state index contributed by atoms with van der Waals surface area (Å²) in [4.78, 5) is 0.0782. The van der Waals surface area contributed by atoms with Gasteiger partial charge in [-0.2, -0.15) is 8.42 Å². The van der Waals surface area contributed by atoms with Gasteiger partial charge in [-0.15, -0.1) is 4.40 Å².